The minimum atomic E-state index is -0.520. The highest BCUT2D eigenvalue weighted by atomic mass is 35.5. The minimum Gasteiger partial charge on any atom is -0.466 e. The van der Waals surface area contributed by atoms with Gasteiger partial charge < -0.3 is 15.2 Å². The van der Waals surface area contributed by atoms with Crippen LogP contribution in [-0.2, 0) is 19.1 Å². The second kappa shape index (κ2) is 9.73. The van der Waals surface area contributed by atoms with Gasteiger partial charge in [0.2, 0.25) is 0 Å². The molecule has 90 valence electrons. The molecule has 6 heteroatoms. The molecule has 0 aromatic carbocycles. The van der Waals surface area contributed by atoms with Crippen LogP contribution in [0.15, 0.2) is 0 Å². The number of hydrogen-bond acceptors (Lipinski definition) is 5. The van der Waals surface area contributed by atoms with E-state index in [1.165, 1.54) is 0 Å². The van der Waals surface area contributed by atoms with E-state index >= 15 is 0 Å². The number of carbonyl (C=O) groups is 2. The van der Waals surface area contributed by atoms with Crippen molar-refractivity contribution >= 4 is 24.3 Å². The van der Waals surface area contributed by atoms with Crippen molar-refractivity contribution in [3.05, 3.63) is 0 Å². The molecule has 0 fully saturated rings. The van der Waals surface area contributed by atoms with Gasteiger partial charge in [-0.15, -0.1) is 12.4 Å². The predicted octanol–water partition coefficient (Wildman–Crippen LogP) is 0.642. The van der Waals surface area contributed by atoms with Crippen LogP contribution in [-0.4, -0.2) is 31.2 Å². The van der Waals surface area contributed by atoms with Crippen molar-refractivity contribution in [3.8, 4) is 0 Å². The lowest BCUT2D eigenvalue weighted by molar-refractivity contribution is -0.145. The number of rotatable bonds is 6. The van der Waals surface area contributed by atoms with Crippen molar-refractivity contribution in [1.29, 1.82) is 0 Å². The zero-order chi connectivity index (χ0) is 11.0. The first kappa shape index (κ1) is 16.6. The predicted molar refractivity (Wildman–Crippen MR) is 57.7 cm³/mol. The van der Waals surface area contributed by atoms with Gasteiger partial charge >= 0.3 is 11.9 Å². The van der Waals surface area contributed by atoms with Gasteiger partial charge in [0.05, 0.1) is 26.1 Å². The van der Waals surface area contributed by atoms with E-state index in [9.17, 15) is 9.59 Å². The molecule has 0 rings (SSSR count). The van der Waals surface area contributed by atoms with Gasteiger partial charge in [-0.3, -0.25) is 9.59 Å². The maximum atomic E-state index is 10.9. The van der Waals surface area contributed by atoms with E-state index in [0.717, 1.165) is 0 Å². The standard InChI is InChI=1S/C9H17NO4.ClH/c1-3-13-8(11)5-7(10)6-9(12)14-4-2;/h7H,3-6,10H2,1-2H3;1H. The Hall–Kier alpha value is -0.810. The average molecular weight is 240 g/mol. The zero-order valence-corrected chi connectivity index (χ0v) is 9.84. The van der Waals surface area contributed by atoms with Crippen molar-refractivity contribution in [2.24, 2.45) is 5.73 Å². The Morgan fingerprint density at radius 3 is 1.67 bits per heavy atom. The largest absolute Gasteiger partial charge is 0.466 e. The monoisotopic (exact) mass is 239 g/mol. The Morgan fingerprint density at radius 1 is 1.07 bits per heavy atom. The molecule has 15 heavy (non-hydrogen) atoms. The van der Waals surface area contributed by atoms with Crippen LogP contribution in [0, 0.1) is 0 Å². The number of hydrogen-bond donors (Lipinski definition) is 1. The first-order valence-corrected chi connectivity index (χ1v) is 4.66. The molecule has 5 nitrogen and oxygen atoms in total. The van der Waals surface area contributed by atoms with E-state index in [1.54, 1.807) is 13.8 Å². The summed E-state index contributed by atoms with van der Waals surface area (Å²) in [5.74, 6) is -0.770. The minimum absolute atomic E-state index is 0. The summed E-state index contributed by atoms with van der Waals surface area (Å²) in [5, 5.41) is 0. The molecule has 0 aliphatic heterocycles. The summed E-state index contributed by atoms with van der Waals surface area (Å²) < 4.78 is 9.37. The van der Waals surface area contributed by atoms with Crippen molar-refractivity contribution in [2.75, 3.05) is 13.2 Å². The lowest BCUT2D eigenvalue weighted by Gasteiger charge is -2.09. The van der Waals surface area contributed by atoms with Crippen molar-refractivity contribution < 1.29 is 19.1 Å². The highest BCUT2D eigenvalue weighted by Gasteiger charge is 2.14. The van der Waals surface area contributed by atoms with E-state index < -0.39 is 6.04 Å². The molecule has 0 radical (unpaired) electrons. The SMILES string of the molecule is CCOC(=O)CC(N)CC(=O)OCC.Cl. The molecule has 0 unspecified atom stereocenters. The fraction of sp³-hybridized carbons (Fsp3) is 0.778. The van der Waals surface area contributed by atoms with Gasteiger partial charge in [-0.1, -0.05) is 0 Å². The lowest BCUT2D eigenvalue weighted by atomic mass is 10.1. The van der Waals surface area contributed by atoms with Gasteiger partial charge in [-0.2, -0.15) is 0 Å². The molecule has 0 saturated heterocycles. The van der Waals surface area contributed by atoms with E-state index in [4.69, 9.17) is 5.73 Å². The van der Waals surface area contributed by atoms with Gasteiger partial charge in [-0.25, -0.2) is 0 Å². The Labute approximate surface area is 95.7 Å². The van der Waals surface area contributed by atoms with E-state index in [0.29, 0.717) is 13.2 Å². The number of halogens is 1. The van der Waals surface area contributed by atoms with E-state index in [2.05, 4.69) is 9.47 Å². The summed E-state index contributed by atoms with van der Waals surface area (Å²) in [5.41, 5.74) is 5.53. The van der Waals surface area contributed by atoms with Gasteiger partial charge in [-0.05, 0) is 13.8 Å². The Morgan fingerprint density at radius 2 is 1.40 bits per heavy atom. The van der Waals surface area contributed by atoms with Crippen LogP contribution in [0.5, 0.6) is 0 Å². The van der Waals surface area contributed by atoms with Crippen molar-refractivity contribution in [2.45, 2.75) is 32.7 Å². The number of nitrogens with two attached hydrogens (primary N) is 1. The fourth-order valence-corrected chi connectivity index (χ4v) is 0.940. The zero-order valence-electron chi connectivity index (χ0n) is 9.02. The van der Waals surface area contributed by atoms with E-state index in [1.807, 2.05) is 0 Å². The molecule has 0 bridgehead atoms. The van der Waals surface area contributed by atoms with Crippen LogP contribution in [0.3, 0.4) is 0 Å². The molecule has 0 aliphatic carbocycles. The third-order valence-electron chi connectivity index (χ3n) is 1.47. The molecule has 0 aliphatic rings. The summed E-state index contributed by atoms with van der Waals surface area (Å²) in [7, 11) is 0. The third kappa shape index (κ3) is 9.49. The third-order valence-corrected chi connectivity index (χ3v) is 1.47. The molecular formula is C9H18ClNO4. The Kier molecular flexibility index (Phi) is 10.8. The first-order valence-electron chi connectivity index (χ1n) is 4.66. The fourth-order valence-electron chi connectivity index (χ4n) is 0.940. The number of ether oxygens (including phenoxy) is 2. The smallest absolute Gasteiger partial charge is 0.307 e. The van der Waals surface area contributed by atoms with E-state index in [-0.39, 0.29) is 37.2 Å². The summed E-state index contributed by atoms with van der Waals surface area (Å²) >= 11 is 0. The molecule has 0 aromatic heterocycles. The molecule has 2 N–H and O–H groups in total. The van der Waals surface area contributed by atoms with Gasteiger partial charge in [0.25, 0.3) is 0 Å². The molecule has 0 atom stereocenters. The van der Waals surface area contributed by atoms with Crippen molar-refractivity contribution in [1.82, 2.24) is 0 Å². The second-order valence-electron chi connectivity index (χ2n) is 2.78. The van der Waals surface area contributed by atoms with Crippen molar-refractivity contribution in [3.63, 3.8) is 0 Å². The normalized spacial score (nSPS) is 9.33. The first-order chi connectivity index (χ1) is 6.60. The van der Waals surface area contributed by atoms with Crippen LogP contribution in [0.2, 0.25) is 0 Å². The molecule has 0 spiro atoms. The topological polar surface area (TPSA) is 78.6 Å². The Balaban J connectivity index is 0. The van der Waals surface area contributed by atoms with Gasteiger partial charge in [0.15, 0.2) is 0 Å². The van der Waals surface area contributed by atoms with Crippen LogP contribution in [0.1, 0.15) is 26.7 Å². The highest BCUT2D eigenvalue weighted by Crippen LogP contribution is 1.99. The van der Waals surface area contributed by atoms with Gasteiger partial charge in [0.1, 0.15) is 0 Å². The quantitative estimate of drug-likeness (QED) is 0.689. The lowest BCUT2D eigenvalue weighted by Crippen LogP contribution is -2.28. The summed E-state index contributed by atoms with van der Waals surface area (Å²) in [6.07, 6.45) is 0.0965. The maximum Gasteiger partial charge on any atom is 0.307 e. The van der Waals surface area contributed by atoms with Gasteiger partial charge in [0, 0.05) is 6.04 Å². The van der Waals surface area contributed by atoms with Crippen LogP contribution >= 0.6 is 12.4 Å². The second-order valence-corrected chi connectivity index (χ2v) is 2.78. The summed E-state index contributed by atoms with van der Waals surface area (Å²) in [6, 6.07) is -0.520. The van der Waals surface area contributed by atoms with Crippen LogP contribution in [0.4, 0.5) is 0 Å². The van der Waals surface area contributed by atoms with Crippen LogP contribution < -0.4 is 5.73 Å². The highest BCUT2D eigenvalue weighted by molar-refractivity contribution is 5.85. The molecular weight excluding hydrogens is 222 g/mol. The molecule has 0 saturated carbocycles. The maximum absolute atomic E-state index is 10.9. The Bertz CT molecular complexity index is 179. The van der Waals surface area contributed by atoms with Crippen LogP contribution in [0.25, 0.3) is 0 Å². The number of carbonyl (C=O) groups excluding carboxylic acids is 2. The molecule has 0 amide bonds. The molecule has 0 aromatic rings. The summed E-state index contributed by atoms with van der Waals surface area (Å²) in [4.78, 5) is 21.9. The summed E-state index contributed by atoms with van der Waals surface area (Å²) in [6.45, 7) is 4.08. The molecule has 0 heterocycles. The average Bonchev–Trinajstić information content (AvgIpc) is 2.03. The number of esters is 2.